The molecule has 0 heterocycles. The lowest BCUT2D eigenvalue weighted by atomic mass is 9.94. The monoisotopic (exact) mass is 221 g/mol. The molecular weight excluding hydrogens is 210 g/mol. The van der Waals surface area contributed by atoms with Crippen LogP contribution in [0.2, 0.25) is 0 Å². The van der Waals surface area contributed by atoms with Gasteiger partial charge in [-0.3, -0.25) is 9.59 Å². The van der Waals surface area contributed by atoms with Crippen LogP contribution in [0.5, 0.6) is 0 Å². The van der Waals surface area contributed by atoms with Crippen molar-refractivity contribution in [3.63, 3.8) is 0 Å². The average molecular weight is 221 g/mol. The maximum absolute atomic E-state index is 10.9. The van der Waals surface area contributed by atoms with Crippen LogP contribution >= 0.6 is 0 Å². The van der Waals surface area contributed by atoms with Crippen molar-refractivity contribution in [2.45, 2.75) is 24.9 Å². The van der Waals surface area contributed by atoms with Crippen molar-refractivity contribution in [2.24, 2.45) is 5.90 Å². The van der Waals surface area contributed by atoms with Gasteiger partial charge in [-0.15, -0.1) is 0 Å². The van der Waals surface area contributed by atoms with Crippen LogP contribution in [-0.2, 0) is 19.2 Å². The molecule has 0 rings (SSSR count). The minimum Gasteiger partial charge on any atom is -0.481 e. The van der Waals surface area contributed by atoms with Gasteiger partial charge in [0.1, 0.15) is 0 Å². The van der Waals surface area contributed by atoms with Crippen molar-refractivity contribution in [1.82, 2.24) is 0 Å². The van der Waals surface area contributed by atoms with Crippen molar-refractivity contribution in [2.75, 3.05) is 0 Å². The van der Waals surface area contributed by atoms with Gasteiger partial charge in [-0.2, -0.15) is 5.90 Å². The lowest BCUT2D eigenvalue weighted by Gasteiger charge is -2.21. The first-order valence-electron chi connectivity index (χ1n) is 3.89. The highest BCUT2D eigenvalue weighted by Crippen LogP contribution is 2.19. The number of hydrogen-bond acceptors (Lipinski definition) is 6. The Morgan fingerprint density at radius 3 is 2.07 bits per heavy atom. The van der Waals surface area contributed by atoms with E-state index in [1.165, 1.54) is 0 Å². The van der Waals surface area contributed by atoms with E-state index in [4.69, 9.17) is 10.2 Å². The quantitative estimate of drug-likeness (QED) is 0.395. The first kappa shape index (κ1) is 13.3. The maximum atomic E-state index is 10.9. The van der Waals surface area contributed by atoms with Crippen LogP contribution in [0.3, 0.4) is 0 Å². The Morgan fingerprint density at radius 1 is 1.20 bits per heavy atom. The molecular formula is C7H11NO7. The third-order valence-electron chi connectivity index (χ3n) is 1.68. The van der Waals surface area contributed by atoms with Crippen LogP contribution < -0.4 is 5.90 Å². The van der Waals surface area contributed by atoms with Gasteiger partial charge in [0, 0.05) is 6.42 Å². The molecule has 0 fully saturated rings. The summed E-state index contributed by atoms with van der Waals surface area (Å²) in [7, 11) is 0. The predicted octanol–water partition coefficient (Wildman–Crippen LogP) is -1.53. The summed E-state index contributed by atoms with van der Waals surface area (Å²) in [6.45, 7) is 0. The van der Waals surface area contributed by atoms with Gasteiger partial charge in [-0.1, -0.05) is 0 Å². The van der Waals surface area contributed by atoms with E-state index in [1.54, 1.807) is 0 Å². The van der Waals surface area contributed by atoms with E-state index in [0.717, 1.165) is 0 Å². The Kier molecular flexibility index (Phi) is 4.68. The van der Waals surface area contributed by atoms with Crippen LogP contribution in [0.1, 0.15) is 19.3 Å². The van der Waals surface area contributed by atoms with E-state index < -0.39 is 42.8 Å². The second-order valence-electron chi connectivity index (χ2n) is 2.90. The zero-order chi connectivity index (χ0) is 12.1. The molecule has 0 aromatic rings. The molecule has 86 valence electrons. The topological polar surface area (TPSA) is 147 Å². The highest BCUT2D eigenvalue weighted by Gasteiger charge is 2.40. The molecule has 8 heteroatoms. The number of nitrogens with two attached hydrogens (primary N) is 1. The van der Waals surface area contributed by atoms with Crippen molar-refractivity contribution in [3.05, 3.63) is 0 Å². The van der Waals surface area contributed by atoms with Gasteiger partial charge in [0.2, 0.25) is 0 Å². The molecule has 15 heavy (non-hydrogen) atoms. The summed E-state index contributed by atoms with van der Waals surface area (Å²) in [5, 5.41) is 26.2. The Labute approximate surface area is 84.2 Å². The van der Waals surface area contributed by atoms with Gasteiger partial charge in [-0.05, 0) is 6.42 Å². The number of aliphatic hydroxyl groups is 1. The van der Waals surface area contributed by atoms with Gasteiger partial charge < -0.3 is 20.2 Å². The standard InChI is InChI=1S/C7H11NO7/c8-15-6(13)7(14,3-5(11)12)2-1-4(9)10/h14H,1-3,8H2,(H,9,10)(H,11,12). The summed E-state index contributed by atoms with van der Waals surface area (Å²) < 4.78 is 0. The van der Waals surface area contributed by atoms with Crippen LogP contribution in [0, 0.1) is 0 Å². The van der Waals surface area contributed by atoms with Crippen LogP contribution in [0.15, 0.2) is 0 Å². The fourth-order valence-electron chi connectivity index (χ4n) is 0.936. The van der Waals surface area contributed by atoms with E-state index in [1.807, 2.05) is 0 Å². The predicted molar refractivity (Wildman–Crippen MR) is 44.4 cm³/mol. The van der Waals surface area contributed by atoms with E-state index in [9.17, 15) is 19.5 Å². The Hall–Kier alpha value is -1.67. The van der Waals surface area contributed by atoms with Gasteiger partial charge in [0.05, 0.1) is 6.42 Å². The normalized spacial score (nSPS) is 14.0. The molecule has 0 bridgehead atoms. The van der Waals surface area contributed by atoms with Gasteiger partial charge in [0.15, 0.2) is 5.60 Å². The van der Waals surface area contributed by atoms with E-state index in [2.05, 4.69) is 10.7 Å². The molecule has 0 aliphatic rings. The smallest absolute Gasteiger partial charge is 0.357 e. The summed E-state index contributed by atoms with van der Waals surface area (Å²) in [5.41, 5.74) is -2.40. The van der Waals surface area contributed by atoms with Crippen molar-refractivity contribution in [3.8, 4) is 0 Å². The number of aliphatic carboxylic acids is 2. The average Bonchev–Trinajstić information content (AvgIpc) is 2.12. The molecule has 8 nitrogen and oxygen atoms in total. The molecule has 0 radical (unpaired) electrons. The van der Waals surface area contributed by atoms with Crippen molar-refractivity contribution >= 4 is 17.9 Å². The summed E-state index contributed by atoms with van der Waals surface area (Å²) in [5.74, 6) is 0.382. The van der Waals surface area contributed by atoms with Crippen LogP contribution in [0.25, 0.3) is 0 Å². The van der Waals surface area contributed by atoms with E-state index >= 15 is 0 Å². The fourth-order valence-corrected chi connectivity index (χ4v) is 0.936. The fraction of sp³-hybridized carbons (Fsp3) is 0.571. The van der Waals surface area contributed by atoms with Crippen molar-refractivity contribution in [1.29, 1.82) is 0 Å². The zero-order valence-electron chi connectivity index (χ0n) is 7.67. The molecule has 0 aromatic heterocycles. The number of carboxylic acids is 2. The van der Waals surface area contributed by atoms with E-state index in [0.29, 0.717) is 0 Å². The number of rotatable bonds is 6. The van der Waals surface area contributed by atoms with Gasteiger partial charge in [-0.25, -0.2) is 4.79 Å². The Balaban J connectivity index is 4.61. The third-order valence-corrected chi connectivity index (χ3v) is 1.68. The molecule has 0 aromatic carbocycles. The molecule has 0 saturated carbocycles. The second-order valence-corrected chi connectivity index (χ2v) is 2.90. The molecule has 0 spiro atoms. The molecule has 1 atom stereocenters. The Morgan fingerprint density at radius 2 is 1.73 bits per heavy atom. The maximum Gasteiger partial charge on any atom is 0.357 e. The number of carbonyl (C=O) groups excluding carboxylic acids is 1. The lowest BCUT2D eigenvalue weighted by Crippen LogP contribution is -2.43. The van der Waals surface area contributed by atoms with Crippen LogP contribution in [-0.4, -0.2) is 38.8 Å². The number of hydrogen-bond donors (Lipinski definition) is 4. The molecule has 5 N–H and O–H groups in total. The molecule has 0 amide bonds. The third kappa shape index (κ3) is 4.38. The van der Waals surface area contributed by atoms with Crippen molar-refractivity contribution < 1.29 is 34.5 Å². The molecule has 0 aliphatic heterocycles. The number of carboxylic acid groups (broad SMARTS) is 2. The minimum absolute atomic E-state index is 0.571. The molecule has 1 unspecified atom stereocenters. The first-order valence-corrected chi connectivity index (χ1v) is 3.89. The number of carbonyl (C=O) groups is 3. The van der Waals surface area contributed by atoms with Gasteiger partial charge >= 0.3 is 17.9 Å². The summed E-state index contributed by atoms with van der Waals surface area (Å²) in [6.07, 6.45) is -2.11. The zero-order valence-corrected chi connectivity index (χ0v) is 7.67. The molecule has 0 aliphatic carbocycles. The second kappa shape index (κ2) is 5.27. The largest absolute Gasteiger partial charge is 0.481 e. The lowest BCUT2D eigenvalue weighted by molar-refractivity contribution is -0.173. The highest BCUT2D eigenvalue weighted by atomic mass is 16.7. The van der Waals surface area contributed by atoms with Gasteiger partial charge in [0.25, 0.3) is 0 Å². The first-order chi connectivity index (χ1) is 6.81. The highest BCUT2D eigenvalue weighted by molar-refractivity contribution is 5.85. The van der Waals surface area contributed by atoms with E-state index in [-0.39, 0.29) is 0 Å². The summed E-state index contributed by atoms with van der Waals surface area (Å²) in [4.78, 5) is 35.2. The molecule has 0 saturated heterocycles. The SMILES string of the molecule is NOC(=O)C(O)(CCC(=O)O)CC(=O)O. The van der Waals surface area contributed by atoms with Crippen LogP contribution in [0.4, 0.5) is 0 Å². The summed E-state index contributed by atoms with van der Waals surface area (Å²) in [6, 6.07) is 0. The minimum atomic E-state index is -2.40. The Bertz CT molecular complexity index is 277. The summed E-state index contributed by atoms with van der Waals surface area (Å²) >= 11 is 0.